The van der Waals surface area contributed by atoms with Gasteiger partial charge in [0, 0.05) is 21.4 Å². The highest BCUT2D eigenvalue weighted by molar-refractivity contribution is 14.1. The highest BCUT2D eigenvalue weighted by atomic mass is 127. The highest BCUT2D eigenvalue weighted by Gasteiger charge is 2.29. The summed E-state index contributed by atoms with van der Waals surface area (Å²) in [5, 5.41) is 0. The molecule has 1 heterocycles. The summed E-state index contributed by atoms with van der Waals surface area (Å²) in [7, 11) is 0. The Labute approximate surface area is 111 Å². The Balaban J connectivity index is 2.38. The van der Waals surface area contributed by atoms with Gasteiger partial charge < -0.3 is 4.90 Å². The number of alkyl halides is 1. The van der Waals surface area contributed by atoms with E-state index in [1.54, 1.807) is 0 Å². The van der Waals surface area contributed by atoms with Crippen molar-refractivity contribution in [3.05, 3.63) is 27.3 Å². The molecule has 80 valence electrons. The quantitative estimate of drug-likeness (QED) is 0.542. The lowest BCUT2D eigenvalue weighted by Crippen LogP contribution is -2.25. The third-order valence-corrected chi connectivity index (χ3v) is 4.56. The van der Waals surface area contributed by atoms with Gasteiger partial charge in [-0.05, 0) is 41.1 Å². The van der Waals surface area contributed by atoms with Crippen LogP contribution in [0.3, 0.4) is 0 Å². The minimum atomic E-state index is 0.209. The van der Waals surface area contributed by atoms with Gasteiger partial charge in [0.05, 0.1) is 5.69 Å². The van der Waals surface area contributed by atoms with E-state index in [1.807, 2.05) is 17.0 Å². The number of nitrogens with zero attached hydrogens (tertiary/aromatic N) is 1. The number of hydrogen-bond acceptors (Lipinski definition) is 1. The molecule has 0 radical (unpaired) electrons. The summed E-state index contributed by atoms with van der Waals surface area (Å²) in [4.78, 5) is 13.9. The Morgan fingerprint density at radius 2 is 2.27 bits per heavy atom. The third kappa shape index (κ3) is 2.20. The van der Waals surface area contributed by atoms with Crippen molar-refractivity contribution in [3.63, 3.8) is 0 Å². The SMILES string of the molecule is Cc1cccc(N2CC(Br)CC2=O)c1I. The Morgan fingerprint density at radius 3 is 2.87 bits per heavy atom. The van der Waals surface area contributed by atoms with E-state index >= 15 is 0 Å². The van der Waals surface area contributed by atoms with Crippen LogP contribution in [0.1, 0.15) is 12.0 Å². The summed E-state index contributed by atoms with van der Waals surface area (Å²) in [6.45, 7) is 2.84. The van der Waals surface area contributed by atoms with Crippen LogP contribution < -0.4 is 4.90 Å². The van der Waals surface area contributed by atoms with E-state index in [-0.39, 0.29) is 5.91 Å². The van der Waals surface area contributed by atoms with Gasteiger partial charge in [0.15, 0.2) is 0 Å². The molecule has 1 saturated heterocycles. The number of carbonyl (C=O) groups is 1. The van der Waals surface area contributed by atoms with Crippen molar-refractivity contribution in [1.29, 1.82) is 0 Å². The summed E-state index contributed by atoms with van der Waals surface area (Å²) in [6, 6.07) is 6.08. The first kappa shape index (κ1) is 11.4. The minimum absolute atomic E-state index is 0.209. The van der Waals surface area contributed by atoms with Crippen LogP contribution in [0.15, 0.2) is 18.2 Å². The van der Waals surface area contributed by atoms with Crippen molar-refractivity contribution >= 4 is 50.1 Å². The van der Waals surface area contributed by atoms with Crippen LogP contribution in [-0.2, 0) is 4.79 Å². The Hall–Kier alpha value is -0.100. The molecule has 0 spiro atoms. The number of rotatable bonds is 1. The summed E-state index contributed by atoms with van der Waals surface area (Å²) in [5.74, 6) is 0.209. The molecule has 1 unspecified atom stereocenters. The van der Waals surface area contributed by atoms with Crippen molar-refractivity contribution in [2.45, 2.75) is 18.2 Å². The van der Waals surface area contributed by atoms with Crippen LogP contribution >= 0.6 is 38.5 Å². The van der Waals surface area contributed by atoms with Crippen LogP contribution in [0, 0.1) is 10.5 Å². The second kappa shape index (κ2) is 4.41. The predicted octanol–water partition coefficient (Wildman–Crippen LogP) is 3.10. The van der Waals surface area contributed by atoms with Gasteiger partial charge in [-0.1, -0.05) is 28.1 Å². The van der Waals surface area contributed by atoms with Crippen LogP contribution in [0.4, 0.5) is 5.69 Å². The van der Waals surface area contributed by atoms with Gasteiger partial charge in [-0.25, -0.2) is 0 Å². The van der Waals surface area contributed by atoms with E-state index in [0.717, 1.165) is 12.2 Å². The van der Waals surface area contributed by atoms with Gasteiger partial charge in [0.1, 0.15) is 0 Å². The normalized spacial score (nSPS) is 21.1. The molecule has 2 nitrogen and oxygen atoms in total. The molecule has 1 aliphatic rings. The van der Waals surface area contributed by atoms with Gasteiger partial charge in [0.2, 0.25) is 5.91 Å². The second-order valence-electron chi connectivity index (χ2n) is 3.71. The monoisotopic (exact) mass is 379 g/mol. The number of hydrogen-bond donors (Lipinski definition) is 0. The molecular formula is C11H11BrINO. The lowest BCUT2D eigenvalue weighted by Gasteiger charge is -2.18. The molecule has 2 rings (SSSR count). The van der Waals surface area contributed by atoms with Crippen molar-refractivity contribution < 1.29 is 4.79 Å². The molecule has 1 aromatic carbocycles. The lowest BCUT2D eigenvalue weighted by atomic mass is 10.2. The molecule has 15 heavy (non-hydrogen) atoms. The maximum absolute atomic E-state index is 11.7. The second-order valence-corrected chi connectivity index (χ2v) is 6.09. The molecule has 1 amide bonds. The molecule has 1 atom stereocenters. The van der Waals surface area contributed by atoms with Crippen molar-refractivity contribution in [3.8, 4) is 0 Å². The molecule has 0 N–H and O–H groups in total. The first-order chi connectivity index (χ1) is 7.09. The summed E-state index contributed by atoms with van der Waals surface area (Å²) < 4.78 is 1.17. The lowest BCUT2D eigenvalue weighted by molar-refractivity contribution is -0.117. The standard InChI is InChI=1S/C11H11BrINO/c1-7-3-2-4-9(11(7)13)14-6-8(12)5-10(14)15/h2-4,8H,5-6H2,1H3. The first-order valence-corrected chi connectivity index (χ1v) is 6.78. The highest BCUT2D eigenvalue weighted by Crippen LogP contribution is 2.30. The van der Waals surface area contributed by atoms with Crippen LogP contribution in [0.5, 0.6) is 0 Å². The first-order valence-electron chi connectivity index (χ1n) is 4.79. The van der Waals surface area contributed by atoms with Crippen molar-refractivity contribution in [1.82, 2.24) is 0 Å². The Morgan fingerprint density at radius 1 is 1.53 bits per heavy atom. The van der Waals surface area contributed by atoms with Crippen LogP contribution in [-0.4, -0.2) is 17.3 Å². The number of benzene rings is 1. The topological polar surface area (TPSA) is 20.3 Å². The average Bonchev–Trinajstić information content (AvgIpc) is 2.50. The van der Waals surface area contributed by atoms with E-state index < -0.39 is 0 Å². The number of anilines is 1. The van der Waals surface area contributed by atoms with Crippen LogP contribution in [0.25, 0.3) is 0 Å². The largest absolute Gasteiger partial charge is 0.310 e. The van der Waals surface area contributed by atoms with Crippen molar-refractivity contribution in [2.24, 2.45) is 0 Å². The van der Waals surface area contributed by atoms with E-state index in [9.17, 15) is 4.79 Å². The summed E-state index contributed by atoms with van der Waals surface area (Å²) >= 11 is 5.80. The molecule has 4 heteroatoms. The van der Waals surface area contributed by atoms with Gasteiger partial charge >= 0.3 is 0 Å². The number of aryl methyl sites for hydroxylation is 1. The molecular weight excluding hydrogens is 369 g/mol. The fourth-order valence-electron chi connectivity index (χ4n) is 1.74. The van der Waals surface area contributed by atoms with E-state index in [1.165, 1.54) is 9.13 Å². The molecule has 0 aromatic heterocycles. The van der Waals surface area contributed by atoms with Crippen LogP contribution in [0.2, 0.25) is 0 Å². The zero-order chi connectivity index (χ0) is 11.0. The fourth-order valence-corrected chi connectivity index (χ4v) is 2.95. The number of amides is 1. The molecule has 1 aliphatic heterocycles. The third-order valence-electron chi connectivity index (χ3n) is 2.54. The minimum Gasteiger partial charge on any atom is -0.310 e. The molecule has 0 aliphatic carbocycles. The maximum Gasteiger partial charge on any atom is 0.228 e. The molecule has 1 aromatic rings. The van der Waals surface area contributed by atoms with Gasteiger partial charge in [0.25, 0.3) is 0 Å². The van der Waals surface area contributed by atoms with E-state index in [0.29, 0.717) is 11.2 Å². The smallest absolute Gasteiger partial charge is 0.228 e. The molecule has 0 saturated carbocycles. The van der Waals surface area contributed by atoms with E-state index in [2.05, 4.69) is 51.5 Å². The van der Waals surface area contributed by atoms with Crippen molar-refractivity contribution in [2.75, 3.05) is 11.4 Å². The summed E-state index contributed by atoms with van der Waals surface area (Å²) in [6.07, 6.45) is 0.601. The van der Waals surface area contributed by atoms with E-state index in [4.69, 9.17) is 0 Å². The zero-order valence-corrected chi connectivity index (χ0v) is 12.1. The van der Waals surface area contributed by atoms with Gasteiger partial charge in [-0.15, -0.1) is 0 Å². The fraction of sp³-hybridized carbons (Fsp3) is 0.364. The zero-order valence-electron chi connectivity index (χ0n) is 8.34. The number of carbonyl (C=O) groups excluding carboxylic acids is 1. The summed E-state index contributed by atoms with van der Waals surface area (Å²) in [5.41, 5.74) is 2.27. The average molecular weight is 380 g/mol. The molecule has 0 bridgehead atoms. The maximum atomic E-state index is 11.7. The van der Waals surface area contributed by atoms with Gasteiger partial charge in [-0.2, -0.15) is 0 Å². The van der Waals surface area contributed by atoms with Gasteiger partial charge in [-0.3, -0.25) is 4.79 Å². The molecule has 1 fully saturated rings. The predicted molar refractivity (Wildman–Crippen MR) is 73.6 cm³/mol. The Bertz CT molecular complexity index is 408. The number of halogens is 2. The Kier molecular flexibility index (Phi) is 3.35.